The number of nitrogens with zero attached hydrogens (tertiary/aromatic N) is 3. The largest absolute Gasteiger partial charge is 0.480 e. The van der Waals surface area contributed by atoms with Crippen molar-refractivity contribution in [1.29, 1.82) is 0 Å². The number of likely N-dealkylation sites (tertiary alicyclic amines) is 1. The lowest BCUT2D eigenvalue weighted by atomic mass is 9.94. The third-order valence-corrected chi connectivity index (χ3v) is 9.90. The Morgan fingerprint density at radius 3 is 2.48 bits per heavy atom. The molecule has 2 unspecified atom stereocenters. The number of aromatic nitrogens is 2. The van der Waals surface area contributed by atoms with Crippen molar-refractivity contribution in [3.63, 3.8) is 0 Å². The monoisotopic (exact) mass is 701 g/mol. The van der Waals surface area contributed by atoms with Crippen LogP contribution in [-0.2, 0) is 35.8 Å². The van der Waals surface area contributed by atoms with E-state index in [0.29, 0.717) is 30.0 Å². The number of carboxylic acid groups (broad SMARTS) is 1. The summed E-state index contributed by atoms with van der Waals surface area (Å²) >= 11 is 0. The first-order valence-electron chi connectivity index (χ1n) is 15.8. The van der Waals surface area contributed by atoms with Crippen molar-refractivity contribution in [3.05, 3.63) is 103 Å². The second-order valence-electron chi connectivity index (χ2n) is 11.9. The molecular weight excluding hydrogens is 666 g/mol. The molecule has 1 aromatic heterocycles. The molecule has 2 aliphatic rings. The summed E-state index contributed by atoms with van der Waals surface area (Å²) in [6.07, 6.45) is 3.01. The molecule has 0 radical (unpaired) electrons. The maximum Gasteiger partial charge on any atom is 0.410 e. The molecule has 3 heterocycles. The number of aliphatic carboxylic acids is 1. The van der Waals surface area contributed by atoms with E-state index in [1.807, 2.05) is 30.3 Å². The predicted molar refractivity (Wildman–Crippen MR) is 181 cm³/mol. The van der Waals surface area contributed by atoms with Crippen LogP contribution in [0.1, 0.15) is 18.4 Å². The summed E-state index contributed by atoms with van der Waals surface area (Å²) in [7, 11) is -4.33. The lowest BCUT2D eigenvalue weighted by Crippen LogP contribution is -2.49. The number of carbonyl (C=O) groups excluding carboxylic acids is 2. The van der Waals surface area contributed by atoms with Gasteiger partial charge in [-0.2, -0.15) is 4.72 Å². The van der Waals surface area contributed by atoms with Crippen molar-refractivity contribution >= 4 is 39.7 Å². The van der Waals surface area contributed by atoms with Crippen LogP contribution in [0.4, 0.5) is 10.7 Å². The fraction of sp³-hybridized carbons (Fsp3) is 0.265. The number of rotatable bonds is 13. The number of carboxylic acids is 1. The molecule has 2 aliphatic heterocycles. The summed E-state index contributed by atoms with van der Waals surface area (Å²) in [5.41, 5.74) is 0.785. The third-order valence-electron chi connectivity index (χ3n) is 8.37. The zero-order valence-corrected chi connectivity index (χ0v) is 27.5. The highest BCUT2D eigenvalue weighted by atomic mass is 32.2. The van der Waals surface area contributed by atoms with Crippen molar-refractivity contribution in [1.82, 2.24) is 24.9 Å². The van der Waals surface area contributed by atoms with Gasteiger partial charge in [-0.3, -0.25) is 14.5 Å². The van der Waals surface area contributed by atoms with Gasteiger partial charge < -0.3 is 30.3 Å². The Kier molecular flexibility index (Phi) is 10.1. The van der Waals surface area contributed by atoms with E-state index in [0.717, 1.165) is 5.56 Å². The van der Waals surface area contributed by atoms with Gasteiger partial charge in [0.25, 0.3) is 5.91 Å². The average Bonchev–Trinajstić information content (AvgIpc) is 3.89. The molecule has 50 heavy (non-hydrogen) atoms. The molecule has 16 heteroatoms. The van der Waals surface area contributed by atoms with Gasteiger partial charge in [-0.1, -0.05) is 84.0 Å². The number of H-pyrrole nitrogens is 1. The number of ether oxygens (including phenoxy) is 1. The quantitative estimate of drug-likeness (QED) is 0.138. The number of oxime groups is 1. The van der Waals surface area contributed by atoms with Gasteiger partial charge >= 0.3 is 12.1 Å². The Balaban J connectivity index is 1.09. The Hall–Kier alpha value is -5.74. The van der Waals surface area contributed by atoms with E-state index < -0.39 is 52.2 Å². The van der Waals surface area contributed by atoms with Gasteiger partial charge in [-0.05, 0) is 17.2 Å². The minimum atomic E-state index is -4.33. The summed E-state index contributed by atoms with van der Waals surface area (Å²) in [4.78, 5) is 52.9. The number of aromatic amines is 1. The van der Waals surface area contributed by atoms with Crippen molar-refractivity contribution in [2.24, 2.45) is 5.16 Å². The number of anilines is 1. The minimum absolute atomic E-state index is 0.0203. The Morgan fingerprint density at radius 1 is 1.04 bits per heavy atom. The highest BCUT2D eigenvalue weighted by Gasteiger charge is 2.53. The maximum atomic E-state index is 13.4. The number of hydrogen-bond acceptors (Lipinski definition) is 10. The molecule has 1 fully saturated rings. The van der Waals surface area contributed by atoms with Crippen molar-refractivity contribution in [3.8, 4) is 11.1 Å². The first-order valence-corrected chi connectivity index (χ1v) is 17.2. The zero-order chi connectivity index (χ0) is 35.1. The molecule has 0 bridgehead atoms. The maximum absolute atomic E-state index is 13.4. The minimum Gasteiger partial charge on any atom is -0.480 e. The molecule has 3 atom stereocenters. The van der Waals surface area contributed by atoms with Crippen LogP contribution in [0.2, 0.25) is 0 Å². The van der Waals surface area contributed by atoms with E-state index >= 15 is 0 Å². The van der Waals surface area contributed by atoms with Crippen LogP contribution in [0.5, 0.6) is 0 Å². The molecule has 4 aromatic rings. The number of hydrogen-bond donors (Lipinski definition) is 5. The fourth-order valence-electron chi connectivity index (χ4n) is 5.94. The highest BCUT2D eigenvalue weighted by Crippen LogP contribution is 2.38. The van der Waals surface area contributed by atoms with Gasteiger partial charge in [0.15, 0.2) is 11.5 Å². The van der Waals surface area contributed by atoms with Crippen LogP contribution in [0.3, 0.4) is 0 Å². The van der Waals surface area contributed by atoms with Crippen LogP contribution in [0.25, 0.3) is 11.1 Å². The van der Waals surface area contributed by atoms with Crippen molar-refractivity contribution in [2.75, 3.05) is 25.0 Å². The molecule has 3 aromatic carbocycles. The summed E-state index contributed by atoms with van der Waals surface area (Å²) in [5, 5.41) is 19.5. The van der Waals surface area contributed by atoms with Crippen molar-refractivity contribution in [2.45, 2.75) is 42.0 Å². The molecular formula is C34H35N7O8S. The summed E-state index contributed by atoms with van der Waals surface area (Å²) in [5.74, 6) is -1.70. The van der Waals surface area contributed by atoms with Gasteiger partial charge in [0, 0.05) is 43.9 Å². The molecule has 260 valence electrons. The summed E-state index contributed by atoms with van der Waals surface area (Å²) in [6.45, 7) is -0.127. The van der Waals surface area contributed by atoms with Crippen molar-refractivity contribution < 1.29 is 37.5 Å². The number of carbonyl (C=O) groups is 3. The summed E-state index contributed by atoms with van der Waals surface area (Å²) < 4.78 is 34.6. The first-order chi connectivity index (χ1) is 24.1. The van der Waals surface area contributed by atoms with Crippen LogP contribution in [0, 0.1) is 0 Å². The molecule has 6 rings (SSSR count). The zero-order valence-electron chi connectivity index (χ0n) is 26.7. The molecule has 15 nitrogen and oxygen atoms in total. The Labute approximate surface area is 287 Å². The van der Waals surface area contributed by atoms with Gasteiger partial charge in [0.2, 0.25) is 10.0 Å². The molecule has 5 N–H and O–H groups in total. The number of sulfonamides is 1. The number of benzene rings is 3. The Bertz CT molecular complexity index is 1960. The lowest BCUT2D eigenvalue weighted by molar-refractivity contribution is -0.138. The van der Waals surface area contributed by atoms with Crippen LogP contribution < -0.4 is 15.4 Å². The SMILES string of the molecule is O=C(NC[C@H](NS(=O)(=O)c1ccccc1-c1ccccc1)C(=O)O)C1=NOC2(C1)CC(CNc1ncc[nH]1)N(C(=O)OCc1ccccc1)C2. The van der Waals surface area contributed by atoms with E-state index in [9.17, 15) is 27.9 Å². The standard InChI is InChI=1S/C34H35N7O8S/c42-30(37-20-28(31(43)44)40-50(46,47)29-14-8-7-13-26(29)24-11-5-2-6-12-24)27-18-34(49-39-27)17-25(19-38-32-35-15-16-36-32)41(22-34)33(45)48-21-23-9-3-1-4-10-23/h1-16,25,28,40H,17-22H2,(H,37,42)(H,43,44)(H2,35,36,38)/t25?,28-,34?/m0/s1. The lowest BCUT2D eigenvalue weighted by Gasteiger charge is -2.24. The van der Waals surface area contributed by atoms with Crippen LogP contribution >= 0.6 is 0 Å². The van der Waals surface area contributed by atoms with E-state index in [4.69, 9.17) is 9.57 Å². The molecule has 0 aliphatic carbocycles. The highest BCUT2D eigenvalue weighted by molar-refractivity contribution is 7.89. The first kappa shape index (κ1) is 34.1. The van der Waals surface area contributed by atoms with Gasteiger partial charge in [-0.15, -0.1) is 0 Å². The number of nitrogens with one attached hydrogen (secondary N) is 4. The average molecular weight is 702 g/mol. The Morgan fingerprint density at radius 2 is 1.76 bits per heavy atom. The topological polar surface area (TPSA) is 204 Å². The van der Waals surface area contributed by atoms with E-state index in [1.54, 1.807) is 54.9 Å². The van der Waals surface area contributed by atoms with Crippen LogP contribution in [-0.4, -0.2) is 89.4 Å². The van der Waals surface area contributed by atoms with E-state index in [2.05, 4.69) is 30.5 Å². The predicted octanol–water partition coefficient (Wildman–Crippen LogP) is 2.96. The van der Waals surface area contributed by atoms with Gasteiger partial charge in [0.05, 0.1) is 17.5 Å². The van der Waals surface area contributed by atoms with Crippen LogP contribution in [0.15, 0.2) is 107 Å². The molecule has 1 spiro atoms. The smallest absolute Gasteiger partial charge is 0.410 e. The van der Waals surface area contributed by atoms with E-state index in [1.165, 1.54) is 17.0 Å². The van der Waals surface area contributed by atoms with E-state index in [-0.39, 0.29) is 30.2 Å². The number of amides is 2. The van der Waals surface area contributed by atoms with Gasteiger partial charge in [-0.25, -0.2) is 18.2 Å². The second-order valence-corrected chi connectivity index (χ2v) is 13.6. The fourth-order valence-corrected chi connectivity index (χ4v) is 7.36. The second kappa shape index (κ2) is 14.8. The molecule has 2 amide bonds. The normalized spacial score (nSPS) is 19.0. The number of imidazole rings is 1. The molecule has 1 saturated heterocycles. The van der Waals surface area contributed by atoms with Gasteiger partial charge in [0.1, 0.15) is 18.4 Å². The summed E-state index contributed by atoms with van der Waals surface area (Å²) in [6, 6.07) is 22.2. The molecule has 0 saturated carbocycles. The third kappa shape index (κ3) is 7.93.